The zero-order valence-corrected chi connectivity index (χ0v) is 50.3. The van der Waals surface area contributed by atoms with Crippen LogP contribution in [0.4, 0.5) is 10.5 Å². The lowest BCUT2D eigenvalue weighted by Gasteiger charge is -2.43. The third kappa shape index (κ3) is 18.4. The van der Waals surface area contributed by atoms with Gasteiger partial charge in [-0.25, -0.2) is 9.59 Å². The highest BCUT2D eigenvalue weighted by atomic mass is 16.7. The van der Waals surface area contributed by atoms with Crippen molar-refractivity contribution in [1.82, 2.24) is 4.90 Å². The summed E-state index contributed by atoms with van der Waals surface area (Å²) >= 11 is 0. The highest BCUT2D eigenvalue weighted by Gasteiger charge is 2.53. The Bertz CT molecular complexity index is 2690. The number of ether oxygens (including phenoxy) is 7. The van der Waals surface area contributed by atoms with Gasteiger partial charge in [-0.3, -0.25) is 29.3 Å². The van der Waals surface area contributed by atoms with Gasteiger partial charge in [0.05, 0.1) is 29.8 Å². The van der Waals surface area contributed by atoms with E-state index < -0.39 is 107 Å². The number of ketones is 3. The summed E-state index contributed by atoms with van der Waals surface area (Å²) in [5.41, 5.74) is 2.13. The Morgan fingerprint density at radius 2 is 1.58 bits per heavy atom. The lowest BCUT2D eigenvalue weighted by Crippen LogP contribution is -2.61. The molecule has 0 spiro atoms. The summed E-state index contributed by atoms with van der Waals surface area (Å²) in [7, 11) is 2.85. The molecule has 19 heteroatoms. The predicted octanol–water partition coefficient (Wildman–Crippen LogP) is 9.93. The van der Waals surface area contributed by atoms with Crippen LogP contribution in [0, 0.1) is 45.6 Å². The van der Waals surface area contributed by atoms with Crippen molar-refractivity contribution in [2.24, 2.45) is 35.5 Å². The molecule has 4 aliphatic rings. The zero-order chi connectivity index (χ0) is 61.3. The molecule has 460 valence electrons. The Balaban J connectivity index is 1.27. The molecule has 3 fully saturated rings. The van der Waals surface area contributed by atoms with Crippen LogP contribution >= 0.6 is 0 Å². The lowest BCUT2D eigenvalue weighted by molar-refractivity contribution is -0.384. The number of hydrogen-bond acceptors (Lipinski definition) is 17. The topological polar surface area (TPSA) is 254 Å². The molecule has 15 atom stereocenters. The number of rotatable bonds is 12. The monoisotopic (exact) mass is 1170 g/mol. The first-order chi connectivity index (χ1) is 40.0. The maximum atomic E-state index is 14.7. The van der Waals surface area contributed by atoms with Gasteiger partial charge in [0.15, 0.2) is 5.78 Å². The van der Waals surface area contributed by atoms with E-state index in [4.69, 9.17) is 33.2 Å². The molecule has 2 bridgehead atoms. The summed E-state index contributed by atoms with van der Waals surface area (Å²) in [6.07, 6.45) is 8.96. The van der Waals surface area contributed by atoms with Crippen molar-refractivity contribution in [3.05, 3.63) is 118 Å². The van der Waals surface area contributed by atoms with E-state index in [1.165, 1.54) is 38.5 Å². The third-order valence-corrected chi connectivity index (χ3v) is 17.2. The highest BCUT2D eigenvalue weighted by Crippen LogP contribution is 2.38. The number of amides is 1. The second-order valence-corrected chi connectivity index (χ2v) is 23.7. The number of nitrogens with zero attached hydrogens (tertiary/aromatic N) is 2. The van der Waals surface area contributed by atoms with Crippen molar-refractivity contribution in [1.29, 1.82) is 0 Å². The van der Waals surface area contributed by atoms with Gasteiger partial charge >= 0.3 is 12.1 Å². The molecule has 1 amide bonds. The van der Waals surface area contributed by atoms with Gasteiger partial charge in [0.2, 0.25) is 5.79 Å². The van der Waals surface area contributed by atoms with Gasteiger partial charge in [-0.2, -0.15) is 0 Å². The fourth-order valence-electron chi connectivity index (χ4n) is 12.0. The summed E-state index contributed by atoms with van der Waals surface area (Å²) in [6.45, 7) is 12.9. The number of methoxy groups -OCH3 is 2. The number of aliphatic hydroxyl groups is 2. The number of non-ortho nitro benzene ring substituents is 1. The number of aliphatic hydroxyl groups excluding tert-OH is 1. The van der Waals surface area contributed by atoms with E-state index in [-0.39, 0.29) is 60.6 Å². The summed E-state index contributed by atoms with van der Waals surface area (Å²) < 4.78 is 41.7. The first kappa shape index (κ1) is 66.9. The van der Waals surface area contributed by atoms with Crippen molar-refractivity contribution in [2.75, 3.05) is 27.4 Å². The minimum atomic E-state index is -2.51. The van der Waals surface area contributed by atoms with E-state index in [0.29, 0.717) is 76.4 Å². The molecule has 1 unspecified atom stereocenters. The van der Waals surface area contributed by atoms with Gasteiger partial charge in [-0.1, -0.05) is 101 Å². The Morgan fingerprint density at radius 3 is 2.27 bits per heavy atom. The molecule has 0 radical (unpaired) electrons. The van der Waals surface area contributed by atoms with Gasteiger partial charge in [-0.15, -0.1) is 0 Å². The molecule has 2 aromatic rings. The summed E-state index contributed by atoms with van der Waals surface area (Å²) in [5.74, 6) is -8.82. The van der Waals surface area contributed by atoms with Crippen LogP contribution in [0.5, 0.6) is 5.75 Å². The number of fused-ring (bicyclic) bond motifs is 3. The fourth-order valence-corrected chi connectivity index (χ4v) is 12.0. The van der Waals surface area contributed by atoms with E-state index in [2.05, 4.69) is 0 Å². The normalized spacial score (nSPS) is 33.7. The van der Waals surface area contributed by atoms with Gasteiger partial charge in [0, 0.05) is 63.5 Å². The van der Waals surface area contributed by atoms with Crippen LogP contribution in [0.25, 0.3) is 0 Å². The van der Waals surface area contributed by atoms with Gasteiger partial charge < -0.3 is 48.3 Å². The number of carbonyl (C=O) groups excluding carboxylic acids is 6. The minimum Gasteiger partial charge on any atom is -0.460 e. The second kappa shape index (κ2) is 31.8. The van der Waals surface area contributed by atoms with Crippen LogP contribution in [-0.4, -0.2) is 137 Å². The van der Waals surface area contributed by atoms with Gasteiger partial charge in [0.25, 0.3) is 17.4 Å². The van der Waals surface area contributed by atoms with Crippen molar-refractivity contribution in [3.63, 3.8) is 0 Å². The summed E-state index contributed by atoms with van der Waals surface area (Å²) in [5, 5.41) is 35.0. The van der Waals surface area contributed by atoms with Crippen molar-refractivity contribution >= 4 is 41.1 Å². The number of piperidine rings is 1. The molecule has 2 aromatic carbocycles. The predicted molar refractivity (Wildman–Crippen MR) is 312 cm³/mol. The second-order valence-electron chi connectivity index (χ2n) is 23.7. The molecule has 0 aromatic heterocycles. The standard InChI is InChI=1S/C65H88N2O17/c1-40-18-12-10-13-19-41(2)55(80-33-31-47-20-14-11-15-21-47)38-51-27-23-46(7)65(75,84-51)61(71)62(72)66-32-17-16-22-52(66)63(73)82-56(39-53(68)42(3)35-45(6)59(70)60(79-9)58(69)44(5)34-40)43(4)36-48-24-30-54(57(37-48)78-8)83-64(74)81-50-28-25-49(26-29-50)67(76)77/h10-15,18-21,25-26,28-29,35,40,42-44,46,48,51-52,54-57,59-60,70,75H,16-17,22-24,27,30-34,36-39H2,1-9H3/b13-10+,18-12+,41-19+,45-35+/t40-,42-,43-,44-,46-,48+,51+,52+,54-,55?,56+,57-,59-,60+,65-/m1/s1. The Kier molecular flexibility index (Phi) is 25.3. The number of allylic oxidation sites excluding steroid dienone is 6. The first-order valence-corrected chi connectivity index (χ1v) is 29.8. The largest absolute Gasteiger partial charge is 0.514 e. The van der Waals surface area contributed by atoms with Crippen LogP contribution < -0.4 is 4.74 Å². The molecule has 19 nitrogen and oxygen atoms in total. The van der Waals surface area contributed by atoms with E-state index in [1.54, 1.807) is 33.8 Å². The number of Topliss-reactive ketones (excluding diaryl/α,β-unsaturated/α-hetero) is 3. The number of nitro groups is 1. The Morgan fingerprint density at radius 1 is 0.857 bits per heavy atom. The van der Waals surface area contributed by atoms with E-state index >= 15 is 0 Å². The average Bonchev–Trinajstić information content (AvgIpc) is 1.88. The van der Waals surface area contributed by atoms with Crippen LogP contribution in [0.1, 0.15) is 131 Å². The van der Waals surface area contributed by atoms with Crippen molar-refractivity contribution < 1.29 is 77.1 Å². The van der Waals surface area contributed by atoms with E-state index in [0.717, 1.165) is 16.0 Å². The molecule has 6 rings (SSSR count). The number of hydrogen-bond donors (Lipinski definition) is 2. The summed E-state index contributed by atoms with van der Waals surface area (Å²) in [4.78, 5) is 96.9. The smallest absolute Gasteiger partial charge is 0.460 e. The third-order valence-electron chi connectivity index (χ3n) is 17.2. The van der Waals surface area contributed by atoms with Crippen molar-refractivity contribution in [3.8, 4) is 5.75 Å². The molecule has 3 heterocycles. The molecule has 2 N–H and O–H groups in total. The first-order valence-electron chi connectivity index (χ1n) is 29.8. The number of cyclic esters (lactones) is 1. The maximum Gasteiger partial charge on any atom is 0.514 e. The Hall–Kier alpha value is -6.22. The van der Waals surface area contributed by atoms with Crippen LogP contribution in [0.15, 0.2) is 102 Å². The lowest BCUT2D eigenvalue weighted by atomic mass is 9.78. The summed E-state index contributed by atoms with van der Waals surface area (Å²) in [6, 6.07) is 13.7. The van der Waals surface area contributed by atoms with Crippen LogP contribution in [-0.2, 0) is 58.8 Å². The molecule has 2 saturated heterocycles. The molecule has 1 aliphatic carbocycles. The van der Waals surface area contributed by atoms with Gasteiger partial charge in [0.1, 0.15) is 42.0 Å². The zero-order valence-electron chi connectivity index (χ0n) is 50.3. The van der Waals surface area contributed by atoms with Crippen LogP contribution in [0.3, 0.4) is 0 Å². The number of benzene rings is 2. The number of carbonyl (C=O) groups is 6. The maximum absolute atomic E-state index is 14.7. The molecular weight excluding hydrogens is 1080 g/mol. The van der Waals surface area contributed by atoms with E-state index in [1.807, 2.05) is 81.5 Å². The Labute approximate surface area is 494 Å². The average molecular weight is 1170 g/mol. The SMILES string of the molecule is CO[C@@H]1C[C@H](C[C@@H](C)[C@@H]2CC(=O)[C@H](C)/C=C(\C)[C@@H](O)[C@@H](OC)C(=O)[C@H](C)C[C@H](C)/C=C/C=C/C=C(\C)C(OCCc3ccccc3)C[C@@H]3CC[C@@H](C)[C@@](O)(O3)C(=O)C(=O)N3CCCC[C@H]3C(=O)O2)CC[C@H]1OC(=O)Oc1ccc([N+](=O)[O-])cc1. The number of esters is 1. The molecule has 3 aliphatic heterocycles. The molecule has 84 heavy (non-hydrogen) atoms. The highest BCUT2D eigenvalue weighted by molar-refractivity contribution is 6.39. The van der Waals surface area contributed by atoms with E-state index in [9.17, 15) is 49.1 Å². The quantitative estimate of drug-likeness (QED) is 0.0500. The fraction of sp³-hybridized carbons (Fsp3) is 0.600. The molecular formula is C65H88N2O17. The minimum absolute atomic E-state index is 0.0264. The number of nitro benzene ring substituents is 1. The van der Waals surface area contributed by atoms with Crippen LogP contribution in [0.2, 0.25) is 0 Å². The van der Waals surface area contributed by atoms with Gasteiger partial charge in [-0.05, 0) is 131 Å². The molecule has 1 saturated carbocycles. The van der Waals surface area contributed by atoms with Crippen molar-refractivity contribution in [2.45, 2.75) is 186 Å².